The van der Waals surface area contributed by atoms with Crippen LogP contribution >= 0.6 is 0 Å². The molecule has 176 valence electrons. The maximum Gasteiger partial charge on any atom is 0.245 e. The Morgan fingerprint density at radius 2 is 0.735 bits per heavy atom. The van der Waals surface area contributed by atoms with E-state index in [0.717, 1.165) is 0 Å². The first-order chi connectivity index (χ1) is 16.5. The smallest absolute Gasteiger partial charge is 0.245 e. The fraction of sp³-hybridized carbons (Fsp3) is 0.222. The summed E-state index contributed by atoms with van der Waals surface area (Å²) in [6.45, 7) is -1.90. The number of carbonyl (C=O) groups excluding carboxylic acids is 3. The second kappa shape index (κ2) is 12.0. The summed E-state index contributed by atoms with van der Waals surface area (Å²) >= 11 is 0. The third kappa shape index (κ3) is 5.46. The number of hydrogen-bond donors (Lipinski definition) is 3. The Morgan fingerprint density at radius 1 is 0.500 bits per heavy atom. The summed E-state index contributed by atoms with van der Waals surface area (Å²) in [6.07, 6.45) is 0. The van der Waals surface area contributed by atoms with E-state index in [4.69, 9.17) is 0 Å². The topological polar surface area (TPSA) is 115 Å². The van der Waals surface area contributed by atoms with Gasteiger partial charge in [0, 0.05) is 0 Å². The molecule has 0 bridgehead atoms. The maximum absolute atomic E-state index is 13.6. The summed E-state index contributed by atoms with van der Waals surface area (Å²) in [5, 5.41) is 30.1. The second-order valence-corrected chi connectivity index (χ2v) is 7.79. The highest BCUT2D eigenvalue weighted by Gasteiger charge is 2.41. The molecule has 0 saturated carbocycles. The molecule has 3 rings (SSSR count). The lowest BCUT2D eigenvalue weighted by atomic mass is 9.92. The zero-order chi connectivity index (χ0) is 24.5. The normalized spacial score (nSPS) is 13.5. The van der Waals surface area contributed by atoms with E-state index in [-0.39, 0.29) is 0 Å². The number of rotatable bonds is 9. The molecule has 3 amide bonds. The van der Waals surface area contributed by atoms with Gasteiger partial charge < -0.3 is 15.3 Å². The molecule has 7 nitrogen and oxygen atoms in total. The van der Waals surface area contributed by atoms with Crippen molar-refractivity contribution >= 4 is 17.7 Å². The van der Waals surface area contributed by atoms with Crippen LogP contribution in [0, 0.1) is 0 Å². The highest BCUT2D eigenvalue weighted by atomic mass is 16.3. The van der Waals surface area contributed by atoms with Crippen LogP contribution < -0.4 is 0 Å². The first-order valence-corrected chi connectivity index (χ1v) is 10.9. The van der Waals surface area contributed by atoms with Gasteiger partial charge in [-0.1, -0.05) is 91.0 Å². The molecule has 34 heavy (non-hydrogen) atoms. The van der Waals surface area contributed by atoms with Crippen molar-refractivity contribution in [2.45, 2.75) is 17.8 Å². The molecule has 0 radical (unpaired) electrons. The first-order valence-electron chi connectivity index (χ1n) is 10.9. The Balaban J connectivity index is 2.07. The highest BCUT2D eigenvalue weighted by Crippen LogP contribution is 2.27. The number of aliphatic hydroxyl groups excluding tert-OH is 3. The van der Waals surface area contributed by atoms with Crippen molar-refractivity contribution < 1.29 is 29.7 Å². The van der Waals surface area contributed by atoms with Gasteiger partial charge in [-0.05, 0) is 16.7 Å². The van der Waals surface area contributed by atoms with Gasteiger partial charge in [-0.15, -0.1) is 0 Å². The second-order valence-electron chi connectivity index (χ2n) is 7.79. The van der Waals surface area contributed by atoms with Gasteiger partial charge in [0.05, 0.1) is 37.6 Å². The van der Waals surface area contributed by atoms with Crippen molar-refractivity contribution in [2.75, 3.05) is 19.8 Å². The van der Waals surface area contributed by atoms with Crippen molar-refractivity contribution in [3.8, 4) is 0 Å². The molecule has 0 fully saturated rings. The summed E-state index contributed by atoms with van der Waals surface area (Å²) < 4.78 is 0. The molecule has 0 aromatic heterocycles. The number of aliphatic hydroxyl groups is 3. The minimum atomic E-state index is -1.18. The molecule has 0 aliphatic carbocycles. The van der Waals surface area contributed by atoms with Crippen molar-refractivity contribution in [2.24, 2.45) is 0 Å². The lowest BCUT2D eigenvalue weighted by molar-refractivity contribution is -0.157. The predicted molar refractivity (Wildman–Crippen MR) is 126 cm³/mol. The van der Waals surface area contributed by atoms with Gasteiger partial charge >= 0.3 is 0 Å². The minimum absolute atomic E-state index is 0.432. The quantitative estimate of drug-likeness (QED) is 0.450. The van der Waals surface area contributed by atoms with E-state index in [1.807, 2.05) is 0 Å². The largest absolute Gasteiger partial charge is 0.395 e. The van der Waals surface area contributed by atoms with Crippen LogP contribution in [-0.2, 0) is 14.4 Å². The van der Waals surface area contributed by atoms with Crippen molar-refractivity contribution in [1.82, 2.24) is 4.90 Å². The van der Waals surface area contributed by atoms with Crippen LogP contribution in [0.2, 0.25) is 0 Å². The number of hydrogen-bond acceptors (Lipinski definition) is 6. The Morgan fingerprint density at radius 3 is 0.941 bits per heavy atom. The molecule has 3 N–H and O–H groups in total. The first kappa shape index (κ1) is 25.0. The monoisotopic (exact) mass is 461 g/mol. The van der Waals surface area contributed by atoms with Crippen LogP contribution in [0.25, 0.3) is 0 Å². The van der Waals surface area contributed by atoms with E-state index in [0.29, 0.717) is 21.6 Å². The molecule has 0 aliphatic rings. The van der Waals surface area contributed by atoms with Crippen LogP contribution in [0.3, 0.4) is 0 Å². The van der Waals surface area contributed by atoms with Gasteiger partial charge in [-0.3, -0.25) is 14.4 Å². The summed E-state index contributed by atoms with van der Waals surface area (Å²) in [7, 11) is 0. The third-order valence-corrected chi connectivity index (χ3v) is 5.71. The molecular weight excluding hydrogens is 434 g/mol. The van der Waals surface area contributed by atoms with E-state index in [1.165, 1.54) is 0 Å². The maximum atomic E-state index is 13.6. The van der Waals surface area contributed by atoms with Gasteiger partial charge in [0.25, 0.3) is 0 Å². The number of amides is 3. The highest BCUT2D eigenvalue weighted by molar-refractivity contribution is 6.15. The molecule has 0 aliphatic heterocycles. The molecule has 7 heteroatoms. The Labute approximate surface area is 197 Å². The lowest BCUT2D eigenvalue weighted by Crippen LogP contribution is -2.50. The summed E-state index contributed by atoms with van der Waals surface area (Å²) in [4.78, 5) is 41.3. The van der Waals surface area contributed by atoms with Crippen LogP contribution in [-0.4, -0.2) is 57.8 Å². The van der Waals surface area contributed by atoms with Gasteiger partial charge in [0.1, 0.15) is 0 Å². The molecule has 0 heterocycles. The van der Waals surface area contributed by atoms with E-state index < -0.39 is 55.3 Å². The third-order valence-electron chi connectivity index (χ3n) is 5.71. The Bertz CT molecular complexity index is 946. The van der Waals surface area contributed by atoms with Gasteiger partial charge in [-0.25, -0.2) is 4.90 Å². The van der Waals surface area contributed by atoms with Gasteiger partial charge in [-0.2, -0.15) is 0 Å². The average Bonchev–Trinajstić information content (AvgIpc) is 2.87. The Kier molecular flexibility index (Phi) is 8.81. The fourth-order valence-electron chi connectivity index (χ4n) is 3.83. The van der Waals surface area contributed by atoms with E-state index >= 15 is 0 Å². The number of nitrogens with zero attached hydrogens (tertiary/aromatic N) is 1. The standard InChI is InChI=1S/C27H27NO6/c29-16-22(19-10-4-1-5-11-19)25(32)28(26(33)23(17-30)20-12-6-2-7-13-20)27(34)24(18-31)21-14-8-3-9-15-21/h1-15,22-24,29-31H,16-18H2. The zero-order valence-electron chi connectivity index (χ0n) is 18.5. The number of benzene rings is 3. The van der Waals surface area contributed by atoms with Crippen molar-refractivity contribution in [3.63, 3.8) is 0 Å². The fourth-order valence-corrected chi connectivity index (χ4v) is 3.83. The van der Waals surface area contributed by atoms with Crippen LogP contribution in [0.15, 0.2) is 91.0 Å². The van der Waals surface area contributed by atoms with Gasteiger partial charge in [0.15, 0.2) is 0 Å². The van der Waals surface area contributed by atoms with E-state index in [1.54, 1.807) is 91.0 Å². The predicted octanol–water partition coefficient (Wildman–Crippen LogP) is 2.20. The SMILES string of the molecule is O=C(C(CO)c1ccccc1)N(C(=O)C(CO)c1ccccc1)C(=O)C(CO)c1ccccc1. The van der Waals surface area contributed by atoms with E-state index in [9.17, 15) is 29.7 Å². The van der Waals surface area contributed by atoms with Gasteiger partial charge in [0.2, 0.25) is 17.7 Å². The lowest BCUT2D eigenvalue weighted by Gasteiger charge is -2.29. The molecule has 3 aromatic rings. The minimum Gasteiger partial charge on any atom is -0.395 e. The molecule has 3 atom stereocenters. The molecule has 0 saturated heterocycles. The molecule has 3 aromatic carbocycles. The van der Waals surface area contributed by atoms with Crippen molar-refractivity contribution in [3.05, 3.63) is 108 Å². The summed E-state index contributed by atoms with van der Waals surface area (Å²) in [5.41, 5.74) is 1.29. The molecule has 0 spiro atoms. The number of imide groups is 3. The number of carbonyl (C=O) groups is 3. The zero-order valence-corrected chi connectivity index (χ0v) is 18.5. The average molecular weight is 462 g/mol. The molecule has 3 unspecified atom stereocenters. The Hall–Kier alpha value is -3.65. The van der Waals surface area contributed by atoms with Crippen LogP contribution in [0.5, 0.6) is 0 Å². The van der Waals surface area contributed by atoms with Crippen molar-refractivity contribution in [1.29, 1.82) is 0 Å². The van der Waals surface area contributed by atoms with Crippen LogP contribution in [0.1, 0.15) is 34.4 Å². The molecular formula is C27H27NO6. The van der Waals surface area contributed by atoms with E-state index in [2.05, 4.69) is 0 Å². The summed E-state index contributed by atoms with van der Waals surface area (Å²) in [6, 6.07) is 25.0. The van der Waals surface area contributed by atoms with Crippen LogP contribution in [0.4, 0.5) is 0 Å². The summed E-state index contributed by atoms with van der Waals surface area (Å²) in [5.74, 6) is -6.31.